The van der Waals surface area contributed by atoms with Crippen molar-refractivity contribution in [2.45, 2.75) is 13.0 Å². The number of methoxy groups -OCH3 is 2. The second-order valence-corrected chi connectivity index (χ2v) is 6.17. The minimum Gasteiger partial charge on any atom is -0.497 e. The molecule has 0 amide bonds. The summed E-state index contributed by atoms with van der Waals surface area (Å²) in [5.41, 5.74) is 1.42. The van der Waals surface area contributed by atoms with Crippen molar-refractivity contribution in [1.29, 1.82) is 0 Å². The lowest BCUT2D eigenvalue weighted by Crippen LogP contribution is -2.01. The van der Waals surface area contributed by atoms with Gasteiger partial charge >= 0.3 is 0 Å². The molecule has 0 spiro atoms. The molecule has 0 aliphatic heterocycles. The normalized spacial score (nSPS) is 11.2. The molecule has 0 radical (unpaired) electrons. The van der Waals surface area contributed by atoms with Crippen molar-refractivity contribution in [3.63, 3.8) is 0 Å². The monoisotopic (exact) mass is 420 g/mol. The van der Waals surface area contributed by atoms with Gasteiger partial charge in [0.25, 0.3) is 6.43 Å². The Morgan fingerprint density at radius 2 is 1.86 bits per heavy atom. The molecule has 10 heteroatoms. The molecular weight excluding hydrogens is 402 g/mol. The Labute approximate surface area is 170 Å². The average molecular weight is 420 g/mol. The van der Waals surface area contributed by atoms with Gasteiger partial charge in [-0.15, -0.1) is 0 Å². The molecule has 1 aromatic heterocycles. The maximum atomic E-state index is 13.0. The van der Waals surface area contributed by atoms with Crippen LogP contribution in [0.3, 0.4) is 0 Å². The Bertz CT molecular complexity index is 1050. The van der Waals surface area contributed by atoms with Gasteiger partial charge in [-0.1, -0.05) is 0 Å². The molecule has 0 aliphatic carbocycles. The molecule has 7 nitrogen and oxygen atoms in total. The zero-order valence-electron chi connectivity index (χ0n) is 15.6. The minimum atomic E-state index is -2.80. The van der Waals surface area contributed by atoms with E-state index >= 15 is 0 Å². The van der Waals surface area contributed by atoms with Crippen LogP contribution in [-0.4, -0.2) is 35.3 Å². The zero-order valence-corrected chi connectivity index (χ0v) is 16.5. The molecule has 0 saturated carbocycles. The Morgan fingerprint density at radius 1 is 1.14 bits per heavy atom. The fourth-order valence-electron chi connectivity index (χ4n) is 2.51. The molecule has 29 heavy (non-hydrogen) atoms. The Balaban J connectivity index is 1.79. The smallest absolute Gasteiger partial charge is 0.299 e. The lowest BCUT2D eigenvalue weighted by Gasteiger charge is -2.11. The second-order valence-electron chi connectivity index (χ2n) is 5.78. The molecule has 0 saturated heterocycles. The van der Waals surface area contributed by atoms with Crippen LogP contribution in [0.15, 0.2) is 47.6 Å². The average Bonchev–Trinajstić information content (AvgIpc) is 3.11. The number of aromatic amines is 1. The summed E-state index contributed by atoms with van der Waals surface area (Å²) >= 11 is 4.94. The van der Waals surface area contributed by atoms with E-state index < -0.39 is 12.2 Å². The third-order valence-electron chi connectivity index (χ3n) is 3.95. The number of hydrogen-bond acceptors (Lipinski definition) is 6. The Kier molecular flexibility index (Phi) is 6.55. The van der Waals surface area contributed by atoms with Gasteiger partial charge in [-0.05, 0) is 60.2 Å². The van der Waals surface area contributed by atoms with Gasteiger partial charge in [-0.3, -0.25) is 0 Å². The fraction of sp³-hybridized carbons (Fsp3) is 0.211. The number of alkyl halides is 2. The van der Waals surface area contributed by atoms with E-state index in [1.165, 1.54) is 6.21 Å². The van der Waals surface area contributed by atoms with Gasteiger partial charge in [-0.2, -0.15) is 14.9 Å². The van der Waals surface area contributed by atoms with Crippen LogP contribution in [-0.2, 0) is 6.61 Å². The van der Waals surface area contributed by atoms with Crippen molar-refractivity contribution in [1.82, 2.24) is 14.9 Å². The molecule has 0 bridgehead atoms. The molecule has 0 atom stereocenters. The van der Waals surface area contributed by atoms with Crippen molar-refractivity contribution in [2.75, 3.05) is 14.2 Å². The third kappa shape index (κ3) is 4.96. The maximum absolute atomic E-state index is 13.0. The van der Waals surface area contributed by atoms with Crippen molar-refractivity contribution in [3.05, 3.63) is 64.2 Å². The first-order valence-electron chi connectivity index (χ1n) is 8.45. The van der Waals surface area contributed by atoms with E-state index in [-0.39, 0.29) is 11.4 Å². The topological polar surface area (TPSA) is 73.7 Å². The number of ether oxygens (including phenoxy) is 3. The highest BCUT2D eigenvalue weighted by Gasteiger charge is 2.16. The van der Waals surface area contributed by atoms with E-state index in [2.05, 4.69) is 15.3 Å². The van der Waals surface area contributed by atoms with E-state index in [0.29, 0.717) is 17.1 Å². The Hall–Kier alpha value is -3.27. The molecule has 0 fully saturated rings. The number of hydrogen-bond donors (Lipinski definition) is 1. The number of halogens is 2. The van der Waals surface area contributed by atoms with Gasteiger partial charge in [0.2, 0.25) is 10.6 Å². The highest BCUT2D eigenvalue weighted by atomic mass is 32.1. The maximum Gasteiger partial charge on any atom is 0.299 e. The van der Waals surface area contributed by atoms with Crippen LogP contribution in [0.4, 0.5) is 8.78 Å². The van der Waals surface area contributed by atoms with Crippen LogP contribution in [0.2, 0.25) is 0 Å². The third-order valence-corrected chi connectivity index (χ3v) is 4.22. The van der Waals surface area contributed by atoms with Crippen molar-refractivity contribution < 1.29 is 23.0 Å². The zero-order chi connectivity index (χ0) is 20.8. The van der Waals surface area contributed by atoms with Crippen molar-refractivity contribution in [2.24, 2.45) is 5.10 Å². The summed E-state index contributed by atoms with van der Waals surface area (Å²) < 4.78 is 43.1. The lowest BCUT2D eigenvalue weighted by molar-refractivity contribution is 0.136. The van der Waals surface area contributed by atoms with Crippen LogP contribution >= 0.6 is 12.2 Å². The van der Waals surface area contributed by atoms with E-state index in [0.717, 1.165) is 16.0 Å². The van der Waals surface area contributed by atoms with Crippen LogP contribution in [0, 0.1) is 4.77 Å². The Morgan fingerprint density at radius 3 is 2.52 bits per heavy atom. The van der Waals surface area contributed by atoms with Gasteiger partial charge in [0.1, 0.15) is 23.9 Å². The summed E-state index contributed by atoms with van der Waals surface area (Å²) in [6.45, 7) is 0.241. The van der Waals surface area contributed by atoms with E-state index in [4.69, 9.17) is 26.4 Å². The lowest BCUT2D eigenvalue weighted by atomic mass is 10.1. The molecular formula is C19H18F2N4O3S. The molecule has 2 aromatic carbocycles. The van der Waals surface area contributed by atoms with E-state index in [1.807, 2.05) is 0 Å². The molecule has 1 heterocycles. The van der Waals surface area contributed by atoms with Gasteiger partial charge in [0.05, 0.1) is 20.4 Å². The van der Waals surface area contributed by atoms with Crippen molar-refractivity contribution >= 4 is 18.4 Å². The van der Waals surface area contributed by atoms with E-state index in [9.17, 15) is 8.78 Å². The van der Waals surface area contributed by atoms with Crippen molar-refractivity contribution in [3.8, 4) is 17.2 Å². The molecule has 1 N–H and O–H groups in total. The SMILES string of the molecule is COc1ccc(OCc2cc(C=Nn3c(C(F)F)n[nH]c3=S)ccc2OC)cc1. The van der Waals surface area contributed by atoms with Crippen LogP contribution < -0.4 is 14.2 Å². The summed E-state index contributed by atoms with van der Waals surface area (Å²) in [7, 11) is 3.15. The summed E-state index contributed by atoms with van der Waals surface area (Å²) in [5, 5.41) is 9.79. The number of nitrogens with zero attached hydrogens (tertiary/aromatic N) is 3. The van der Waals surface area contributed by atoms with E-state index in [1.54, 1.807) is 56.7 Å². The number of H-pyrrole nitrogens is 1. The van der Waals surface area contributed by atoms with Crippen LogP contribution in [0.5, 0.6) is 17.2 Å². The molecule has 0 aliphatic rings. The minimum absolute atomic E-state index is 0.0203. The fourth-order valence-corrected chi connectivity index (χ4v) is 2.69. The standard InChI is InChI=1S/C19H18F2N4O3S/c1-26-14-4-6-15(7-5-14)28-11-13-9-12(3-8-16(13)27-2)10-22-25-18(17(20)21)23-24-19(25)29/h3-10,17H,11H2,1-2H3,(H,24,29). The predicted octanol–water partition coefficient (Wildman–Crippen LogP) is 4.36. The molecule has 3 rings (SSSR count). The number of rotatable bonds is 8. The highest BCUT2D eigenvalue weighted by Crippen LogP contribution is 2.23. The van der Waals surface area contributed by atoms with Gasteiger partial charge in [-0.25, -0.2) is 13.9 Å². The molecule has 0 unspecified atom stereocenters. The first-order chi connectivity index (χ1) is 14.0. The summed E-state index contributed by atoms with van der Waals surface area (Å²) in [6, 6.07) is 12.5. The first kappa shape index (κ1) is 20.5. The van der Waals surface area contributed by atoms with Crippen LogP contribution in [0.25, 0.3) is 0 Å². The van der Waals surface area contributed by atoms with Crippen LogP contribution in [0.1, 0.15) is 23.4 Å². The number of nitrogens with one attached hydrogen (secondary N) is 1. The molecule has 152 valence electrons. The van der Waals surface area contributed by atoms with Gasteiger partial charge < -0.3 is 14.2 Å². The summed E-state index contributed by atoms with van der Waals surface area (Å²) in [4.78, 5) is 0. The predicted molar refractivity (Wildman–Crippen MR) is 106 cm³/mol. The van der Waals surface area contributed by atoms with Gasteiger partial charge in [0, 0.05) is 5.56 Å². The molecule has 3 aromatic rings. The number of benzene rings is 2. The first-order valence-corrected chi connectivity index (χ1v) is 8.86. The van der Waals surface area contributed by atoms with Gasteiger partial charge in [0.15, 0.2) is 0 Å². The largest absolute Gasteiger partial charge is 0.497 e. The quantitative estimate of drug-likeness (QED) is 0.433. The number of aromatic nitrogens is 3. The highest BCUT2D eigenvalue weighted by molar-refractivity contribution is 7.71. The summed E-state index contributed by atoms with van der Waals surface area (Å²) in [5.74, 6) is 1.47. The summed E-state index contributed by atoms with van der Waals surface area (Å²) in [6.07, 6.45) is -1.39. The second kappa shape index (κ2) is 9.28.